The molecule has 0 aliphatic carbocycles. The molecule has 0 saturated heterocycles. The van der Waals surface area contributed by atoms with Crippen molar-refractivity contribution in [1.82, 2.24) is 5.32 Å². The average molecular weight is 281 g/mol. The van der Waals surface area contributed by atoms with E-state index in [2.05, 4.69) is 37.0 Å². The summed E-state index contributed by atoms with van der Waals surface area (Å²) in [6.07, 6.45) is 2.80. The topological polar surface area (TPSA) is 32.3 Å². The maximum absolute atomic E-state index is 10.2. The van der Waals surface area contributed by atoms with E-state index in [0.29, 0.717) is 5.75 Å². The van der Waals surface area contributed by atoms with Gasteiger partial charge < -0.3 is 10.4 Å². The van der Waals surface area contributed by atoms with Crippen molar-refractivity contribution in [3.05, 3.63) is 77.9 Å². The van der Waals surface area contributed by atoms with Crippen LogP contribution in [0.2, 0.25) is 0 Å². The molecule has 0 aliphatic heterocycles. The van der Waals surface area contributed by atoms with Gasteiger partial charge in [0.15, 0.2) is 0 Å². The van der Waals surface area contributed by atoms with Crippen LogP contribution in [0.4, 0.5) is 0 Å². The van der Waals surface area contributed by atoms with E-state index in [1.54, 1.807) is 6.07 Å². The second-order valence-corrected chi connectivity index (χ2v) is 5.31. The summed E-state index contributed by atoms with van der Waals surface area (Å²) in [5.41, 5.74) is 3.41. The molecule has 110 valence electrons. The summed E-state index contributed by atoms with van der Waals surface area (Å²) in [5, 5.41) is 13.6. The van der Waals surface area contributed by atoms with E-state index in [0.717, 1.165) is 25.1 Å². The first-order valence-electron chi connectivity index (χ1n) is 7.38. The van der Waals surface area contributed by atoms with Crippen molar-refractivity contribution in [3.8, 4) is 5.75 Å². The SMILES string of the molecule is C=CCNCCC(c1ccccc1)c1cc(C)ccc1O. The Labute approximate surface area is 127 Å². The number of phenols is 1. The Bertz CT molecular complexity index is 577. The highest BCUT2D eigenvalue weighted by atomic mass is 16.3. The second kappa shape index (κ2) is 7.65. The van der Waals surface area contributed by atoms with Gasteiger partial charge in [0.05, 0.1) is 0 Å². The lowest BCUT2D eigenvalue weighted by Crippen LogP contribution is -2.18. The lowest BCUT2D eigenvalue weighted by molar-refractivity contribution is 0.461. The van der Waals surface area contributed by atoms with Crippen LogP contribution in [-0.2, 0) is 0 Å². The van der Waals surface area contributed by atoms with Gasteiger partial charge in [-0.2, -0.15) is 0 Å². The molecule has 0 fully saturated rings. The van der Waals surface area contributed by atoms with E-state index >= 15 is 0 Å². The molecule has 2 aromatic rings. The maximum Gasteiger partial charge on any atom is 0.119 e. The molecule has 0 radical (unpaired) electrons. The van der Waals surface area contributed by atoms with Crippen LogP contribution >= 0.6 is 0 Å². The molecule has 2 aromatic carbocycles. The van der Waals surface area contributed by atoms with Crippen LogP contribution in [0.5, 0.6) is 5.75 Å². The van der Waals surface area contributed by atoms with Crippen molar-refractivity contribution in [3.63, 3.8) is 0 Å². The third-order valence-electron chi connectivity index (χ3n) is 3.66. The summed E-state index contributed by atoms with van der Waals surface area (Å²) in [7, 11) is 0. The van der Waals surface area contributed by atoms with E-state index < -0.39 is 0 Å². The van der Waals surface area contributed by atoms with Crippen LogP contribution in [0.1, 0.15) is 29.0 Å². The molecule has 1 unspecified atom stereocenters. The number of hydrogen-bond acceptors (Lipinski definition) is 2. The van der Waals surface area contributed by atoms with Crippen molar-refractivity contribution in [2.24, 2.45) is 0 Å². The molecular weight excluding hydrogens is 258 g/mol. The van der Waals surface area contributed by atoms with Crippen LogP contribution < -0.4 is 5.32 Å². The summed E-state index contributed by atoms with van der Waals surface area (Å²) >= 11 is 0. The average Bonchev–Trinajstić information content (AvgIpc) is 2.51. The van der Waals surface area contributed by atoms with Gasteiger partial charge in [-0.1, -0.05) is 54.1 Å². The van der Waals surface area contributed by atoms with E-state index in [4.69, 9.17) is 0 Å². The third-order valence-corrected chi connectivity index (χ3v) is 3.66. The predicted octanol–water partition coefficient (Wildman–Crippen LogP) is 4.00. The van der Waals surface area contributed by atoms with Crippen LogP contribution in [0, 0.1) is 6.92 Å². The summed E-state index contributed by atoms with van der Waals surface area (Å²) in [6.45, 7) is 7.47. The lowest BCUT2D eigenvalue weighted by atomic mass is 9.87. The van der Waals surface area contributed by atoms with Crippen molar-refractivity contribution in [2.75, 3.05) is 13.1 Å². The van der Waals surface area contributed by atoms with Gasteiger partial charge in [0, 0.05) is 18.0 Å². The molecule has 0 aliphatic rings. The van der Waals surface area contributed by atoms with Gasteiger partial charge in [-0.15, -0.1) is 6.58 Å². The first kappa shape index (κ1) is 15.3. The predicted molar refractivity (Wildman–Crippen MR) is 88.8 cm³/mol. The molecule has 2 N–H and O–H groups in total. The van der Waals surface area contributed by atoms with E-state index in [1.807, 2.05) is 30.3 Å². The Balaban J connectivity index is 2.27. The van der Waals surface area contributed by atoms with Crippen molar-refractivity contribution in [2.45, 2.75) is 19.3 Å². The highest BCUT2D eigenvalue weighted by molar-refractivity contribution is 5.43. The van der Waals surface area contributed by atoms with E-state index in [-0.39, 0.29) is 5.92 Å². The molecule has 21 heavy (non-hydrogen) atoms. The molecule has 0 aromatic heterocycles. The van der Waals surface area contributed by atoms with Gasteiger partial charge in [0.25, 0.3) is 0 Å². The summed E-state index contributed by atoms with van der Waals surface area (Å²) in [4.78, 5) is 0. The maximum atomic E-state index is 10.2. The van der Waals surface area contributed by atoms with Gasteiger partial charge >= 0.3 is 0 Å². The first-order valence-corrected chi connectivity index (χ1v) is 7.38. The summed E-state index contributed by atoms with van der Waals surface area (Å²) < 4.78 is 0. The molecule has 0 saturated carbocycles. The number of hydrogen-bond donors (Lipinski definition) is 2. The molecule has 0 heterocycles. The van der Waals surface area contributed by atoms with Crippen LogP contribution in [0.3, 0.4) is 0 Å². The van der Waals surface area contributed by atoms with Crippen molar-refractivity contribution >= 4 is 0 Å². The van der Waals surface area contributed by atoms with Gasteiger partial charge in [-0.3, -0.25) is 0 Å². The minimum atomic E-state index is 0.198. The fourth-order valence-corrected chi connectivity index (χ4v) is 2.59. The normalized spacial score (nSPS) is 12.0. The number of aryl methyl sites for hydroxylation is 1. The molecule has 2 nitrogen and oxygen atoms in total. The molecule has 2 heteroatoms. The molecule has 0 spiro atoms. The zero-order valence-electron chi connectivity index (χ0n) is 12.5. The largest absolute Gasteiger partial charge is 0.508 e. The zero-order valence-corrected chi connectivity index (χ0v) is 12.5. The highest BCUT2D eigenvalue weighted by Crippen LogP contribution is 2.34. The third kappa shape index (κ3) is 4.20. The van der Waals surface area contributed by atoms with Gasteiger partial charge in [0.2, 0.25) is 0 Å². The Kier molecular flexibility index (Phi) is 5.59. The monoisotopic (exact) mass is 281 g/mol. The number of aromatic hydroxyl groups is 1. The summed E-state index contributed by atoms with van der Waals surface area (Å²) in [6, 6.07) is 16.2. The first-order chi connectivity index (χ1) is 10.2. The molecule has 0 amide bonds. The van der Waals surface area contributed by atoms with Crippen LogP contribution in [0.15, 0.2) is 61.2 Å². The zero-order chi connectivity index (χ0) is 15.1. The van der Waals surface area contributed by atoms with Crippen LogP contribution in [-0.4, -0.2) is 18.2 Å². The van der Waals surface area contributed by atoms with Gasteiger partial charge in [0.1, 0.15) is 5.75 Å². The van der Waals surface area contributed by atoms with E-state index in [9.17, 15) is 5.11 Å². The van der Waals surface area contributed by atoms with Crippen molar-refractivity contribution < 1.29 is 5.11 Å². The Morgan fingerprint density at radius 1 is 1.19 bits per heavy atom. The second-order valence-electron chi connectivity index (χ2n) is 5.31. The minimum absolute atomic E-state index is 0.198. The van der Waals surface area contributed by atoms with Gasteiger partial charge in [-0.05, 0) is 31.5 Å². The number of nitrogens with one attached hydrogen (secondary N) is 1. The summed E-state index contributed by atoms with van der Waals surface area (Å²) in [5.74, 6) is 0.571. The number of phenolic OH excluding ortho intramolecular Hbond substituents is 1. The Hall–Kier alpha value is -2.06. The Morgan fingerprint density at radius 3 is 2.67 bits per heavy atom. The molecule has 1 atom stereocenters. The van der Waals surface area contributed by atoms with Crippen molar-refractivity contribution in [1.29, 1.82) is 0 Å². The van der Waals surface area contributed by atoms with Gasteiger partial charge in [-0.25, -0.2) is 0 Å². The van der Waals surface area contributed by atoms with Crippen LogP contribution in [0.25, 0.3) is 0 Å². The quantitative estimate of drug-likeness (QED) is 0.594. The Morgan fingerprint density at radius 2 is 1.95 bits per heavy atom. The number of benzene rings is 2. The number of rotatable bonds is 7. The fourth-order valence-electron chi connectivity index (χ4n) is 2.59. The highest BCUT2D eigenvalue weighted by Gasteiger charge is 2.17. The minimum Gasteiger partial charge on any atom is -0.508 e. The smallest absolute Gasteiger partial charge is 0.119 e. The lowest BCUT2D eigenvalue weighted by Gasteiger charge is -2.20. The molecular formula is C19H23NO. The molecule has 0 bridgehead atoms. The fraction of sp³-hybridized carbons (Fsp3) is 0.263. The standard InChI is InChI=1S/C19H23NO/c1-3-12-20-13-11-17(16-7-5-4-6-8-16)18-14-15(2)9-10-19(18)21/h3-10,14,17,20-21H,1,11-13H2,2H3. The van der Waals surface area contributed by atoms with E-state index in [1.165, 1.54) is 11.1 Å². The molecule has 2 rings (SSSR count).